The summed E-state index contributed by atoms with van der Waals surface area (Å²) in [5, 5.41) is 7.68. The van der Waals surface area contributed by atoms with Gasteiger partial charge in [0.05, 0.1) is 17.2 Å². The van der Waals surface area contributed by atoms with Gasteiger partial charge in [-0.2, -0.15) is 0 Å². The third-order valence-electron chi connectivity index (χ3n) is 2.71. The number of hydrogen-bond donors (Lipinski definition) is 1. The van der Waals surface area contributed by atoms with E-state index in [1.165, 1.54) is 23.9 Å². The Morgan fingerprint density at radius 1 is 1.41 bits per heavy atom. The van der Waals surface area contributed by atoms with Gasteiger partial charge >= 0.3 is 5.97 Å². The SMILES string of the molecule is CCOC(=O)c1cncnc1Nc1nc(-c2cccs2)cs1. The first-order chi connectivity index (χ1) is 10.8. The molecule has 8 heteroatoms. The van der Waals surface area contributed by atoms with Gasteiger partial charge in [-0.1, -0.05) is 6.07 Å². The van der Waals surface area contributed by atoms with Gasteiger partial charge in [-0.05, 0) is 18.4 Å². The minimum Gasteiger partial charge on any atom is -0.462 e. The van der Waals surface area contributed by atoms with Gasteiger partial charge in [0.1, 0.15) is 17.7 Å². The normalized spacial score (nSPS) is 10.4. The number of thiophene rings is 1. The molecule has 0 saturated carbocycles. The zero-order valence-corrected chi connectivity index (χ0v) is 13.3. The molecule has 0 unspecified atom stereocenters. The fourth-order valence-electron chi connectivity index (χ4n) is 1.76. The molecule has 0 aromatic carbocycles. The zero-order chi connectivity index (χ0) is 15.4. The largest absolute Gasteiger partial charge is 0.462 e. The third kappa shape index (κ3) is 3.12. The molecule has 0 bridgehead atoms. The molecule has 0 radical (unpaired) electrons. The van der Waals surface area contributed by atoms with E-state index in [1.54, 1.807) is 18.3 Å². The Labute approximate surface area is 134 Å². The predicted molar refractivity (Wildman–Crippen MR) is 86.7 cm³/mol. The van der Waals surface area contributed by atoms with E-state index in [9.17, 15) is 4.79 Å². The van der Waals surface area contributed by atoms with Crippen LogP contribution >= 0.6 is 22.7 Å². The highest BCUT2D eigenvalue weighted by atomic mass is 32.1. The first-order valence-corrected chi connectivity index (χ1v) is 8.27. The minimum atomic E-state index is -0.458. The average Bonchev–Trinajstić information content (AvgIpc) is 3.19. The smallest absolute Gasteiger partial charge is 0.343 e. The summed E-state index contributed by atoms with van der Waals surface area (Å²) in [7, 11) is 0. The predicted octanol–water partition coefficient (Wildman–Crippen LogP) is 3.58. The van der Waals surface area contributed by atoms with Crippen LogP contribution in [0.1, 0.15) is 17.3 Å². The molecule has 0 aliphatic rings. The highest BCUT2D eigenvalue weighted by molar-refractivity contribution is 7.16. The van der Waals surface area contributed by atoms with Crippen molar-refractivity contribution in [1.29, 1.82) is 0 Å². The van der Waals surface area contributed by atoms with Crippen molar-refractivity contribution >= 4 is 39.6 Å². The van der Waals surface area contributed by atoms with E-state index in [0.29, 0.717) is 17.6 Å². The summed E-state index contributed by atoms with van der Waals surface area (Å²) >= 11 is 3.08. The number of carbonyl (C=O) groups excluding carboxylic acids is 1. The van der Waals surface area contributed by atoms with Crippen LogP contribution in [-0.2, 0) is 4.74 Å². The summed E-state index contributed by atoms with van der Waals surface area (Å²) in [5.41, 5.74) is 1.19. The van der Waals surface area contributed by atoms with Crippen molar-refractivity contribution in [1.82, 2.24) is 15.0 Å². The Balaban J connectivity index is 1.83. The number of anilines is 2. The lowest BCUT2D eigenvalue weighted by atomic mass is 10.3. The van der Waals surface area contributed by atoms with Gasteiger partial charge in [-0.25, -0.2) is 19.7 Å². The summed E-state index contributed by atoms with van der Waals surface area (Å²) in [6, 6.07) is 3.99. The number of rotatable bonds is 5. The number of nitrogens with zero attached hydrogens (tertiary/aromatic N) is 3. The van der Waals surface area contributed by atoms with Crippen LogP contribution in [0.25, 0.3) is 10.6 Å². The Kier molecular flexibility index (Phi) is 4.40. The molecular formula is C14H12N4O2S2. The molecule has 3 aromatic heterocycles. The van der Waals surface area contributed by atoms with Crippen LogP contribution in [0, 0.1) is 0 Å². The van der Waals surface area contributed by atoms with Gasteiger partial charge in [0, 0.05) is 11.6 Å². The van der Waals surface area contributed by atoms with Gasteiger partial charge in [-0.15, -0.1) is 22.7 Å². The topological polar surface area (TPSA) is 77.0 Å². The van der Waals surface area contributed by atoms with Crippen LogP contribution in [0.4, 0.5) is 10.9 Å². The Morgan fingerprint density at radius 3 is 3.09 bits per heavy atom. The second-order valence-electron chi connectivity index (χ2n) is 4.15. The van der Waals surface area contributed by atoms with Crippen molar-refractivity contribution in [3.05, 3.63) is 41.0 Å². The standard InChI is InChI=1S/C14H12N4O2S2/c1-2-20-13(19)9-6-15-8-16-12(9)18-14-17-10(7-22-14)11-4-3-5-21-11/h3-8H,2H2,1H3,(H,15,16,17,18). The van der Waals surface area contributed by atoms with E-state index < -0.39 is 5.97 Å². The maximum atomic E-state index is 11.9. The van der Waals surface area contributed by atoms with Gasteiger partial charge in [0.25, 0.3) is 0 Å². The third-order valence-corrected chi connectivity index (χ3v) is 4.36. The van der Waals surface area contributed by atoms with Crippen molar-refractivity contribution in [2.24, 2.45) is 0 Å². The van der Waals surface area contributed by atoms with E-state index in [-0.39, 0.29) is 5.56 Å². The quantitative estimate of drug-likeness (QED) is 0.720. The molecule has 22 heavy (non-hydrogen) atoms. The van der Waals surface area contributed by atoms with E-state index in [0.717, 1.165) is 10.6 Å². The molecule has 3 aromatic rings. The molecule has 1 N–H and O–H groups in total. The second kappa shape index (κ2) is 6.63. The lowest BCUT2D eigenvalue weighted by Crippen LogP contribution is -2.09. The summed E-state index contributed by atoms with van der Waals surface area (Å²) in [6.07, 6.45) is 2.81. The van der Waals surface area contributed by atoms with E-state index in [4.69, 9.17) is 4.74 Å². The molecule has 0 amide bonds. The molecule has 0 spiro atoms. The van der Waals surface area contributed by atoms with Crippen LogP contribution in [0.5, 0.6) is 0 Å². The molecule has 0 saturated heterocycles. The van der Waals surface area contributed by atoms with Gasteiger partial charge in [-0.3, -0.25) is 0 Å². The first kappa shape index (κ1) is 14.6. The summed E-state index contributed by atoms with van der Waals surface area (Å²) in [5.74, 6) is -0.0684. The summed E-state index contributed by atoms with van der Waals surface area (Å²) in [4.78, 5) is 25.4. The van der Waals surface area contributed by atoms with Crippen LogP contribution in [0.2, 0.25) is 0 Å². The van der Waals surface area contributed by atoms with E-state index in [2.05, 4.69) is 20.3 Å². The van der Waals surface area contributed by atoms with Gasteiger partial charge in [0.15, 0.2) is 5.13 Å². The highest BCUT2D eigenvalue weighted by Crippen LogP contribution is 2.30. The number of thiazole rings is 1. The van der Waals surface area contributed by atoms with Crippen LogP contribution < -0.4 is 5.32 Å². The number of hydrogen-bond acceptors (Lipinski definition) is 8. The first-order valence-electron chi connectivity index (χ1n) is 6.51. The number of carbonyl (C=O) groups is 1. The Bertz CT molecular complexity index is 771. The molecular weight excluding hydrogens is 320 g/mol. The van der Waals surface area contributed by atoms with Crippen molar-refractivity contribution in [3.8, 4) is 10.6 Å². The van der Waals surface area contributed by atoms with Crippen molar-refractivity contribution in [2.75, 3.05) is 11.9 Å². The van der Waals surface area contributed by atoms with Crippen molar-refractivity contribution < 1.29 is 9.53 Å². The number of esters is 1. The molecule has 0 atom stereocenters. The maximum Gasteiger partial charge on any atom is 0.343 e. The molecule has 0 aliphatic heterocycles. The van der Waals surface area contributed by atoms with Gasteiger partial charge < -0.3 is 10.1 Å². The second-order valence-corrected chi connectivity index (χ2v) is 5.95. The minimum absolute atomic E-state index is 0.289. The maximum absolute atomic E-state index is 11.9. The molecule has 3 rings (SSSR count). The van der Waals surface area contributed by atoms with Crippen LogP contribution in [-0.4, -0.2) is 27.5 Å². The zero-order valence-electron chi connectivity index (χ0n) is 11.6. The van der Waals surface area contributed by atoms with Crippen LogP contribution in [0.3, 0.4) is 0 Å². The van der Waals surface area contributed by atoms with E-state index in [1.807, 2.05) is 22.9 Å². The molecule has 112 valence electrons. The summed E-state index contributed by atoms with van der Waals surface area (Å²) in [6.45, 7) is 2.05. The lowest BCUT2D eigenvalue weighted by molar-refractivity contribution is 0.0526. The molecule has 0 aliphatic carbocycles. The lowest BCUT2D eigenvalue weighted by Gasteiger charge is -2.07. The Morgan fingerprint density at radius 2 is 2.32 bits per heavy atom. The monoisotopic (exact) mass is 332 g/mol. The fourth-order valence-corrected chi connectivity index (χ4v) is 3.23. The van der Waals surface area contributed by atoms with Crippen molar-refractivity contribution in [2.45, 2.75) is 6.92 Å². The van der Waals surface area contributed by atoms with Gasteiger partial charge in [0.2, 0.25) is 0 Å². The number of nitrogens with one attached hydrogen (secondary N) is 1. The molecule has 6 nitrogen and oxygen atoms in total. The van der Waals surface area contributed by atoms with E-state index >= 15 is 0 Å². The van der Waals surface area contributed by atoms with Crippen LogP contribution in [0.15, 0.2) is 35.4 Å². The average molecular weight is 332 g/mol. The number of ether oxygens (including phenoxy) is 1. The fraction of sp³-hybridized carbons (Fsp3) is 0.143. The summed E-state index contributed by atoms with van der Waals surface area (Å²) < 4.78 is 5.00. The number of aromatic nitrogens is 3. The molecule has 0 fully saturated rings. The molecule has 3 heterocycles. The Hall–Kier alpha value is -2.32. The van der Waals surface area contributed by atoms with Crippen molar-refractivity contribution in [3.63, 3.8) is 0 Å². The highest BCUT2D eigenvalue weighted by Gasteiger charge is 2.15.